The second-order valence-corrected chi connectivity index (χ2v) is 4.91. The summed E-state index contributed by atoms with van der Waals surface area (Å²) in [6.07, 6.45) is 2.72. The van der Waals surface area contributed by atoms with Gasteiger partial charge in [0.05, 0.1) is 0 Å². The molecule has 0 aromatic heterocycles. The van der Waals surface area contributed by atoms with Crippen LogP contribution < -0.4 is 4.43 Å². The van der Waals surface area contributed by atoms with Gasteiger partial charge >= 0.3 is 81.4 Å². The molecular weight excluding hydrogens is 159 g/mol. The van der Waals surface area contributed by atoms with Crippen LogP contribution in [-0.2, 0) is 0 Å². The number of benzene rings is 1. The minimum absolute atomic E-state index is 0. The summed E-state index contributed by atoms with van der Waals surface area (Å²) in [4.78, 5) is 0. The molecule has 1 aromatic rings. The van der Waals surface area contributed by atoms with Crippen LogP contribution in [0.1, 0.15) is 26.8 Å². The molecule has 0 aliphatic carbocycles. The number of unbranched alkanes of at least 4 members (excludes halogenated alkanes) is 1. The molecule has 0 heterocycles. The zero-order chi connectivity index (χ0) is 8.81. The van der Waals surface area contributed by atoms with Gasteiger partial charge in [-0.2, -0.15) is 0 Å². The van der Waals surface area contributed by atoms with Crippen molar-refractivity contribution < 1.29 is 1.43 Å². The predicted octanol–water partition coefficient (Wildman–Crippen LogP) is 2.66. The van der Waals surface area contributed by atoms with E-state index >= 15 is 0 Å². The molecule has 0 N–H and O–H groups in total. The number of hydrogen-bond acceptors (Lipinski definition) is 0. The smallest absolute Gasteiger partial charge is 1.00 e. The van der Waals surface area contributed by atoms with Crippen molar-refractivity contribution in [2.45, 2.75) is 32.0 Å². The Balaban J connectivity index is 0.00000144. The Morgan fingerprint density at radius 2 is 1.92 bits per heavy atom. The minimum Gasteiger partial charge on any atom is -1.00 e. The zero-order valence-corrected chi connectivity index (χ0v) is 9.16. The molecule has 0 radical (unpaired) electrons. The average molecular weight is 176 g/mol. The van der Waals surface area contributed by atoms with E-state index in [-0.39, 0.29) is 1.43 Å². The maximum atomic E-state index is 2.28. The Bertz CT molecular complexity index is 218. The molecular formula is C11H17Al. The van der Waals surface area contributed by atoms with E-state index in [1.54, 1.807) is 4.43 Å². The third-order valence-corrected chi connectivity index (χ3v) is 3.57. The third kappa shape index (κ3) is 3.43. The first-order valence-electron chi connectivity index (χ1n) is 4.73. The molecule has 0 fully saturated rings. The van der Waals surface area contributed by atoms with Crippen molar-refractivity contribution in [3.8, 4) is 0 Å². The summed E-state index contributed by atoms with van der Waals surface area (Å²) < 4.78 is 1.56. The Morgan fingerprint density at radius 1 is 1.25 bits per heavy atom. The molecule has 0 spiro atoms. The van der Waals surface area contributed by atoms with E-state index in [2.05, 4.69) is 38.1 Å². The summed E-state index contributed by atoms with van der Waals surface area (Å²) in [7, 11) is 0. The van der Waals surface area contributed by atoms with Crippen molar-refractivity contribution in [2.75, 3.05) is 0 Å². The van der Waals surface area contributed by atoms with Crippen LogP contribution in [0.25, 0.3) is 0 Å². The second-order valence-electron chi connectivity index (χ2n) is 3.26. The molecule has 1 rings (SSSR count). The zero-order valence-electron chi connectivity index (χ0n) is 9.01. The molecule has 0 aliphatic rings. The quantitative estimate of drug-likeness (QED) is 0.488. The van der Waals surface area contributed by atoms with Crippen molar-refractivity contribution in [3.05, 3.63) is 29.8 Å². The van der Waals surface area contributed by atoms with E-state index < -0.39 is 0 Å². The fourth-order valence-corrected chi connectivity index (χ4v) is 2.59. The molecule has 0 nitrogen and oxygen atoms in total. The maximum absolute atomic E-state index is 2.28. The van der Waals surface area contributed by atoms with Crippen LogP contribution in [-0.4, -0.2) is 15.2 Å². The largest absolute Gasteiger partial charge is 1.00 e. The fraction of sp³-hybridized carbons (Fsp3) is 0.455. The Morgan fingerprint density at radius 3 is 2.50 bits per heavy atom. The first-order valence-corrected chi connectivity index (χ1v) is 6.12. The summed E-state index contributed by atoms with van der Waals surface area (Å²) in [5, 5.41) is 1.42. The van der Waals surface area contributed by atoms with Gasteiger partial charge in [-0.15, -0.1) is 0 Å². The van der Waals surface area contributed by atoms with Crippen LogP contribution in [0.3, 0.4) is 0 Å². The van der Waals surface area contributed by atoms with Crippen molar-refractivity contribution in [1.82, 2.24) is 0 Å². The van der Waals surface area contributed by atoms with Crippen LogP contribution in [0.2, 0.25) is 5.28 Å². The first-order chi connectivity index (χ1) is 5.83. The molecule has 12 heavy (non-hydrogen) atoms. The van der Waals surface area contributed by atoms with Gasteiger partial charge in [-0.25, -0.2) is 0 Å². The number of rotatable bonds is 4. The van der Waals surface area contributed by atoms with Gasteiger partial charge in [0.25, 0.3) is 0 Å². The van der Waals surface area contributed by atoms with Crippen LogP contribution in [0.4, 0.5) is 0 Å². The topological polar surface area (TPSA) is 0 Å². The maximum Gasteiger partial charge on any atom is -1.00 e. The average Bonchev–Trinajstić information content (AvgIpc) is 2.09. The van der Waals surface area contributed by atoms with Gasteiger partial charge in [0.15, 0.2) is 0 Å². The molecule has 0 atom stereocenters. The van der Waals surface area contributed by atoms with E-state index in [1.807, 2.05) is 0 Å². The molecule has 0 unspecified atom stereocenters. The fourth-order valence-electron chi connectivity index (χ4n) is 1.18. The van der Waals surface area contributed by atoms with Gasteiger partial charge in [0, 0.05) is 0 Å². The SMILES string of the molecule is CCC[CH2][Al+][c]1ccc(C)cc1.[H-]. The summed E-state index contributed by atoms with van der Waals surface area (Å²) in [6, 6.07) is 8.99. The van der Waals surface area contributed by atoms with Gasteiger partial charge in [-0.1, -0.05) is 0 Å². The first kappa shape index (κ1) is 9.84. The monoisotopic (exact) mass is 176 g/mol. The van der Waals surface area contributed by atoms with Crippen molar-refractivity contribution >= 4 is 19.6 Å². The number of aryl methyl sites for hydroxylation is 1. The van der Waals surface area contributed by atoms with E-state index in [4.69, 9.17) is 0 Å². The van der Waals surface area contributed by atoms with Crippen LogP contribution in [0.5, 0.6) is 0 Å². The summed E-state index contributed by atoms with van der Waals surface area (Å²) >= 11 is 0.535. The van der Waals surface area contributed by atoms with Crippen molar-refractivity contribution in [2.24, 2.45) is 0 Å². The second kappa shape index (κ2) is 5.41. The molecule has 0 saturated carbocycles. The predicted molar refractivity (Wildman–Crippen MR) is 57.4 cm³/mol. The number of hydrogen-bond donors (Lipinski definition) is 0. The summed E-state index contributed by atoms with van der Waals surface area (Å²) in [5.41, 5.74) is 1.37. The van der Waals surface area contributed by atoms with Crippen LogP contribution in [0.15, 0.2) is 24.3 Å². The molecule has 0 saturated heterocycles. The summed E-state index contributed by atoms with van der Waals surface area (Å²) in [5.74, 6) is 0. The molecule has 0 bridgehead atoms. The minimum atomic E-state index is 0. The van der Waals surface area contributed by atoms with Crippen LogP contribution >= 0.6 is 0 Å². The summed E-state index contributed by atoms with van der Waals surface area (Å²) in [6.45, 7) is 4.40. The van der Waals surface area contributed by atoms with Gasteiger partial charge in [-0.3, -0.25) is 0 Å². The molecule has 0 aliphatic heterocycles. The molecule has 0 amide bonds. The molecule has 1 heteroatoms. The third-order valence-electron chi connectivity index (χ3n) is 2.02. The van der Waals surface area contributed by atoms with Gasteiger partial charge in [0.1, 0.15) is 0 Å². The van der Waals surface area contributed by atoms with E-state index in [1.165, 1.54) is 23.7 Å². The van der Waals surface area contributed by atoms with E-state index in [0.29, 0.717) is 15.2 Å². The van der Waals surface area contributed by atoms with Gasteiger partial charge < -0.3 is 1.43 Å². The van der Waals surface area contributed by atoms with Crippen molar-refractivity contribution in [3.63, 3.8) is 0 Å². The Kier molecular flexibility index (Phi) is 4.43. The standard InChI is InChI=1S/C7H7.C4H9.Al.H/c1-7-5-3-2-4-6-7;1-3-4-2;;/h3-6H,1H3;1,3-4H2,2H3;;/q;;+1;-1. The van der Waals surface area contributed by atoms with E-state index in [9.17, 15) is 0 Å². The normalized spacial score (nSPS) is 9.50. The van der Waals surface area contributed by atoms with Gasteiger partial charge in [-0.05, 0) is 0 Å². The molecule has 64 valence electrons. The van der Waals surface area contributed by atoms with Gasteiger partial charge in [0.2, 0.25) is 0 Å². The van der Waals surface area contributed by atoms with Crippen molar-refractivity contribution in [1.29, 1.82) is 0 Å². The van der Waals surface area contributed by atoms with E-state index in [0.717, 1.165) is 0 Å². The Hall–Kier alpha value is -0.248. The van der Waals surface area contributed by atoms with Crippen LogP contribution in [0, 0.1) is 6.92 Å². The molecule has 1 aromatic carbocycles. The Labute approximate surface area is 83.2 Å².